The molecule has 0 atom stereocenters. The average molecular weight is 443 g/mol. The first-order valence-electron chi connectivity index (χ1n) is 11.1. The molecule has 0 heterocycles. The lowest BCUT2D eigenvalue weighted by Gasteiger charge is -2.17. The molecule has 1 aliphatic carbocycles. The lowest BCUT2D eigenvalue weighted by atomic mass is 10.1. The number of hydrogen-bond donors (Lipinski definition) is 0. The Morgan fingerprint density at radius 3 is 1.40 bits per heavy atom. The van der Waals surface area contributed by atoms with E-state index in [0.717, 1.165) is 73.0 Å². The number of thioether (sulfide) groups is 2. The Morgan fingerprint density at radius 1 is 0.633 bits per heavy atom. The molecule has 0 saturated carbocycles. The van der Waals surface area contributed by atoms with Crippen molar-refractivity contribution in [2.24, 2.45) is 0 Å². The van der Waals surface area contributed by atoms with Crippen molar-refractivity contribution in [2.45, 2.75) is 37.5 Å². The van der Waals surface area contributed by atoms with Crippen molar-refractivity contribution in [1.29, 1.82) is 0 Å². The summed E-state index contributed by atoms with van der Waals surface area (Å²) in [7, 11) is 0. The minimum atomic E-state index is 0.178. The summed E-state index contributed by atoms with van der Waals surface area (Å²) >= 11 is 3.69. The van der Waals surface area contributed by atoms with Crippen LogP contribution in [0.4, 0.5) is 0 Å². The van der Waals surface area contributed by atoms with Crippen molar-refractivity contribution < 1.29 is 4.79 Å². The largest absolute Gasteiger partial charge is 0.303 e. The highest BCUT2D eigenvalue weighted by molar-refractivity contribution is 7.99. The molecule has 3 rings (SSSR count). The van der Waals surface area contributed by atoms with E-state index < -0.39 is 0 Å². The van der Waals surface area contributed by atoms with Gasteiger partial charge in [-0.3, -0.25) is 4.79 Å². The molecule has 3 nitrogen and oxygen atoms in total. The van der Waals surface area contributed by atoms with Crippen molar-refractivity contribution in [3.8, 4) is 11.1 Å². The van der Waals surface area contributed by atoms with E-state index in [0.29, 0.717) is 0 Å². The van der Waals surface area contributed by atoms with Gasteiger partial charge in [-0.1, -0.05) is 39.8 Å². The van der Waals surface area contributed by atoms with Crippen LogP contribution in [-0.2, 0) is 0 Å². The Hall–Kier alpha value is -1.27. The molecule has 162 valence electrons. The molecule has 30 heavy (non-hydrogen) atoms. The highest BCUT2D eigenvalue weighted by Crippen LogP contribution is 2.40. The van der Waals surface area contributed by atoms with Crippen LogP contribution < -0.4 is 0 Å². The van der Waals surface area contributed by atoms with Gasteiger partial charge in [0.05, 0.1) is 0 Å². The standard InChI is InChI=1S/C25H34N2OS2/c1-5-26(6-2)13-15-29-19-9-11-21-22-12-10-20(30-16-14-27(7-3)8-4)18-24(22)25(28)23(21)17-19/h9-12,17-18H,5-8,13-16H2,1-4H3. The van der Waals surface area contributed by atoms with Crippen LogP contribution in [0.2, 0.25) is 0 Å². The van der Waals surface area contributed by atoms with E-state index in [-0.39, 0.29) is 5.78 Å². The summed E-state index contributed by atoms with van der Waals surface area (Å²) in [5.74, 6) is 2.28. The molecule has 0 spiro atoms. The first kappa shape index (κ1) is 23.4. The molecule has 0 aliphatic heterocycles. The summed E-state index contributed by atoms with van der Waals surface area (Å²) in [5.41, 5.74) is 3.90. The third kappa shape index (κ3) is 5.50. The first-order valence-corrected chi connectivity index (χ1v) is 13.1. The number of hydrogen-bond acceptors (Lipinski definition) is 5. The number of carbonyl (C=O) groups is 1. The van der Waals surface area contributed by atoms with Crippen molar-refractivity contribution in [1.82, 2.24) is 9.80 Å². The van der Waals surface area contributed by atoms with Gasteiger partial charge in [-0.05, 0) is 61.6 Å². The zero-order valence-corrected chi connectivity index (χ0v) is 20.4. The fourth-order valence-electron chi connectivity index (χ4n) is 3.88. The van der Waals surface area contributed by atoms with Gasteiger partial charge in [0.1, 0.15) is 0 Å². The van der Waals surface area contributed by atoms with Crippen LogP contribution in [0.25, 0.3) is 11.1 Å². The van der Waals surface area contributed by atoms with Crippen LogP contribution in [0.15, 0.2) is 46.2 Å². The van der Waals surface area contributed by atoms with Gasteiger partial charge < -0.3 is 9.80 Å². The molecule has 2 aromatic rings. The fraction of sp³-hybridized carbons (Fsp3) is 0.480. The van der Waals surface area contributed by atoms with E-state index in [1.807, 2.05) is 23.5 Å². The zero-order chi connectivity index (χ0) is 21.5. The van der Waals surface area contributed by atoms with Gasteiger partial charge in [-0.2, -0.15) is 0 Å². The number of fused-ring (bicyclic) bond motifs is 3. The summed E-state index contributed by atoms with van der Waals surface area (Å²) in [6.07, 6.45) is 0. The number of ketones is 1. The quantitative estimate of drug-likeness (QED) is 0.332. The van der Waals surface area contributed by atoms with Crippen LogP contribution in [0.1, 0.15) is 43.6 Å². The van der Waals surface area contributed by atoms with Crippen LogP contribution in [0.3, 0.4) is 0 Å². The van der Waals surface area contributed by atoms with E-state index in [1.54, 1.807) is 0 Å². The van der Waals surface area contributed by atoms with Crippen LogP contribution in [0.5, 0.6) is 0 Å². The monoisotopic (exact) mass is 442 g/mol. The van der Waals surface area contributed by atoms with Gasteiger partial charge in [-0.25, -0.2) is 0 Å². The van der Waals surface area contributed by atoms with Gasteiger partial charge >= 0.3 is 0 Å². The Kier molecular flexibility index (Phi) is 8.87. The van der Waals surface area contributed by atoms with Crippen LogP contribution in [-0.4, -0.2) is 66.4 Å². The lowest BCUT2D eigenvalue weighted by molar-refractivity contribution is 0.104. The normalized spacial score (nSPS) is 12.7. The highest BCUT2D eigenvalue weighted by Gasteiger charge is 2.27. The molecule has 2 aromatic carbocycles. The van der Waals surface area contributed by atoms with Crippen molar-refractivity contribution in [3.63, 3.8) is 0 Å². The molecule has 1 aliphatic rings. The Morgan fingerprint density at radius 2 is 1.03 bits per heavy atom. The van der Waals surface area contributed by atoms with E-state index >= 15 is 0 Å². The van der Waals surface area contributed by atoms with E-state index in [9.17, 15) is 4.79 Å². The molecule has 0 amide bonds. The number of nitrogens with zero attached hydrogens (tertiary/aromatic N) is 2. The zero-order valence-electron chi connectivity index (χ0n) is 18.7. The van der Waals surface area contributed by atoms with Gasteiger partial charge in [0, 0.05) is 45.5 Å². The van der Waals surface area contributed by atoms with Gasteiger partial charge in [0.2, 0.25) is 0 Å². The maximum atomic E-state index is 13.1. The Balaban J connectivity index is 1.66. The predicted octanol–water partition coefficient (Wildman–Crippen LogP) is 5.77. The van der Waals surface area contributed by atoms with Crippen molar-refractivity contribution >= 4 is 29.3 Å². The smallest absolute Gasteiger partial charge is 0.194 e. The number of benzene rings is 2. The summed E-state index contributed by atoms with van der Waals surface area (Å²) in [6.45, 7) is 15.3. The molecular formula is C25H34N2OS2. The number of carbonyl (C=O) groups excluding carboxylic acids is 1. The maximum absolute atomic E-state index is 13.1. The van der Waals surface area contributed by atoms with Gasteiger partial charge in [0.25, 0.3) is 0 Å². The average Bonchev–Trinajstić information content (AvgIpc) is 3.05. The topological polar surface area (TPSA) is 23.6 Å². The van der Waals surface area contributed by atoms with Crippen molar-refractivity contribution in [3.05, 3.63) is 47.5 Å². The minimum Gasteiger partial charge on any atom is -0.303 e. The SMILES string of the molecule is CCN(CC)CCSc1ccc2c(c1)C(=O)c1cc(SCCN(CC)CC)ccc1-2. The molecular weight excluding hydrogens is 408 g/mol. The third-order valence-corrected chi connectivity index (χ3v) is 7.85. The van der Waals surface area contributed by atoms with E-state index in [1.165, 1.54) is 9.79 Å². The van der Waals surface area contributed by atoms with Gasteiger partial charge in [0.15, 0.2) is 5.78 Å². The van der Waals surface area contributed by atoms with E-state index in [4.69, 9.17) is 0 Å². The number of rotatable bonds is 12. The lowest BCUT2D eigenvalue weighted by Crippen LogP contribution is -2.25. The second-order valence-corrected chi connectivity index (χ2v) is 9.83. The van der Waals surface area contributed by atoms with Crippen LogP contribution in [0, 0.1) is 0 Å². The molecule has 0 N–H and O–H groups in total. The summed E-state index contributed by atoms with van der Waals surface area (Å²) in [4.78, 5) is 20.4. The second kappa shape index (κ2) is 11.4. The van der Waals surface area contributed by atoms with Crippen molar-refractivity contribution in [2.75, 3.05) is 50.8 Å². The predicted molar refractivity (Wildman–Crippen MR) is 132 cm³/mol. The minimum absolute atomic E-state index is 0.178. The summed E-state index contributed by atoms with van der Waals surface area (Å²) in [5, 5.41) is 0. The van der Waals surface area contributed by atoms with Gasteiger partial charge in [-0.15, -0.1) is 23.5 Å². The fourth-order valence-corrected chi connectivity index (χ4v) is 5.78. The molecule has 0 unspecified atom stereocenters. The third-order valence-electron chi connectivity index (χ3n) is 5.90. The first-order chi connectivity index (χ1) is 14.6. The van der Waals surface area contributed by atoms with Crippen LogP contribution >= 0.6 is 23.5 Å². The molecule has 0 saturated heterocycles. The molecule has 0 fully saturated rings. The maximum Gasteiger partial charge on any atom is 0.194 e. The summed E-state index contributed by atoms with van der Waals surface area (Å²) < 4.78 is 0. The molecule has 5 heteroatoms. The molecule has 0 aromatic heterocycles. The Bertz CT molecular complexity index is 791. The highest BCUT2D eigenvalue weighted by atomic mass is 32.2. The Labute approximate surface area is 190 Å². The molecule has 0 radical (unpaired) electrons. The van der Waals surface area contributed by atoms with E-state index in [2.05, 4.69) is 73.9 Å². The summed E-state index contributed by atoms with van der Waals surface area (Å²) in [6, 6.07) is 12.8. The molecule has 0 bridgehead atoms. The second-order valence-electron chi connectivity index (χ2n) is 7.49.